The third-order valence-electron chi connectivity index (χ3n) is 2.47. The van der Waals surface area contributed by atoms with Crippen molar-refractivity contribution in [1.29, 1.82) is 0 Å². The molecule has 0 bridgehead atoms. The first-order chi connectivity index (χ1) is 7.69. The molecule has 0 unspecified atom stereocenters. The van der Waals surface area contributed by atoms with Crippen molar-refractivity contribution in [2.24, 2.45) is 0 Å². The maximum Gasteiger partial charge on any atom is 0.199 e. The van der Waals surface area contributed by atoms with Gasteiger partial charge >= 0.3 is 0 Å². The van der Waals surface area contributed by atoms with Gasteiger partial charge in [0, 0.05) is 26.2 Å². The molecule has 1 aromatic rings. The minimum Gasteiger partial charge on any atom is -0.304 e. The van der Waals surface area contributed by atoms with E-state index in [2.05, 4.69) is 27.4 Å². The van der Waals surface area contributed by atoms with E-state index in [0.717, 1.165) is 32.5 Å². The van der Waals surface area contributed by atoms with Crippen LogP contribution in [0.4, 0.5) is 5.13 Å². The molecular weight excluding hydrogens is 248 g/mol. The zero-order valence-corrected chi connectivity index (χ0v) is 10.5. The molecule has 0 atom stereocenters. The summed E-state index contributed by atoms with van der Waals surface area (Å²) in [5.41, 5.74) is 3.17. The van der Waals surface area contributed by atoms with Crippen LogP contribution in [-0.4, -0.2) is 54.4 Å². The lowest BCUT2D eigenvalue weighted by molar-refractivity contribution is 0.112. The maximum absolute atomic E-state index is 10.6. The molecule has 1 saturated heterocycles. The molecule has 0 aromatic carbocycles. The Hall–Kier alpha value is -0.690. The number of thiazole rings is 1. The number of anilines is 1. The molecule has 0 radical (unpaired) electrons. The molecule has 0 amide bonds. The largest absolute Gasteiger partial charge is 0.304 e. The van der Waals surface area contributed by atoms with E-state index in [0.29, 0.717) is 10.0 Å². The van der Waals surface area contributed by atoms with E-state index in [4.69, 9.17) is 11.6 Å². The Morgan fingerprint density at radius 2 is 2.12 bits per heavy atom. The summed E-state index contributed by atoms with van der Waals surface area (Å²) in [6, 6.07) is 0. The van der Waals surface area contributed by atoms with Gasteiger partial charge in [-0.25, -0.2) is 9.99 Å². The van der Waals surface area contributed by atoms with Crippen molar-refractivity contribution in [3.8, 4) is 0 Å². The molecule has 16 heavy (non-hydrogen) atoms. The topological polar surface area (TPSA) is 48.5 Å². The van der Waals surface area contributed by atoms with Crippen molar-refractivity contribution >= 4 is 34.4 Å². The number of likely N-dealkylation sites (N-methyl/N-ethyl adjacent to an activating group) is 1. The Balaban J connectivity index is 1.95. The van der Waals surface area contributed by atoms with Gasteiger partial charge in [-0.2, -0.15) is 0 Å². The summed E-state index contributed by atoms with van der Waals surface area (Å²) in [5.74, 6) is 0. The quantitative estimate of drug-likeness (QED) is 0.828. The van der Waals surface area contributed by atoms with Gasteiger partial charge in [-0.05, 0) is 7.05 Å². The van der Waals surface area contributed by atoms with Gasteiger partial charge in [0.05, 0.1) is 0 Å². The highest BCUT2D eigenvalue weighted by molar-refractivity contribution is 7.17. The van der Waals surface area contributed by atoms with Crippen LogP contribution in [0, 0.1) is 0 Å². The second-order valence-electron chi connectivity index (χ2n) is 3.69. The standard InChI is InChI=1S/C9H13ClN4OS/c1-13-2-4-14(5-3-13)12-9-11-8(10)7(6-15)16-9/h6H,2-5H2,1H3,(H,11,12). The molecule has 1 fully saturated rings. The predicted octanol–water partition coefficient (Wildman–Crippen LogP) is 1.18. The first-order valence-electron chi connectivity index (χ1n) is 5.00. The van der Waals surface area contributed by atoms with Gasteiger partial charge in [0.2, 0.25) is 0 Å². The van der Waals surface area contributed by atoms with Gasteiger partial charge in [-0.3, -0.25) is 10.2 Å². The van der Waals surface area contributed by atoms with Crippen molar-refractivity contribution in [1.82, 2.24) is 14.9 Å². The molecule has 1 aromatic heterocycles. The number of carbonyl (C=O) groups excluding carboxylic acids is 1. The van der Waals surface area contributed by atoms with E-state index in [-0.39, 0.29) is 5.15 Å². The highest BCUT2D eigenvalue weighted by Crippen LogP contribution is 2.25. The van der Waals surface area contributed by atoms with E-state index in [1.54, 1.807) is 0 Å². The fraction of sp³-hybridized carbons (Fsp3) is 0.556. The smallest absolute Gasteiger partial charge is 0.199 e. The average molecular weight is 261 g/mol. The molecule has 1 aliphatic heterocycles. The van der Waals surface area contributed by atoms with Crippen LogP contribution >= 0.6 is 22.9 Å². The van der Waals surface area contributed by atoms with Crippen LogP contribution < -0.4 is 5.43 Å². The van der Waals surface area contributed by atoms with Gasteiger partial charge < -0.3 is 4.90 Å². The van der Waals surface area contributed by atoms with Gasteiger partial charge in [-0.15, -0.1) is 0 Å². The monoisotopic (exact) mass is 260 g/mol. The molecule has 5 nitrogen and oxygen atoms in total. The van der Waals surface area contributed by atoms with E-state index in [1.807, 2.05) is 0 Å². The lowest BCUT2D eigenvalue weighted by atomic mass is 10.4. The van der Waals surface area contributed by atoms with Crippen molar-refractivity contribution in [2.45, 2.75) is 0 Å². The summed E-state index contributed by atoms with van der Waals surface area (Å²) >= 11 is 7.06. The normalized spacial score (nSPS) is 18.6. The van der Waals surface area contributed by atoms with Crippen molar-refractivity contribution in [2.75, 3.05) is 38.7 Å². The van der Waals surface area contributed by atoms with Crippen molar-refractivity contribution in [3.05, 3.63) is 10.0 Å². The minimum absolute atomic E-state index is 0.275. The van der Waals surface area contributed by atoms with E-state index in [1.165, 1.54) is 11.3 Å². The third-order valence-corrected chi connectivity index (χ3v) is 3.76. The van der Waals surface area contributed by atoms with Crippen LogP contribution in [0.25, 0.3) is 0 Å². The van der Waals surface area contributed by atoms with Gasteiger partial charge in [0.25, 0.3) is 0 Å². The average Bonchev–Trinajstić information content (AvgIpc) is 2.62. The number of halogens is 1. The van der Waals surface area contributed by atoms with Crippen LogP contribution in [0.5, 0.6) is 0 Å². The summed E-state index contributed by atoms with van der Waals surface area (Å²) in [6.45, 7) is 3.91. The first kappa shape index (κ1) is 11.8. The number of aldehydes is 1. The lowest BCUT2D eigenvalue weighted by Crippen LogP contribution is -2.46. The minimum atomic E-state index is 0.275. The van der Waals surface area contributed by atoms with Crippen LogP contribution in [0.1, 0.15) is 9.67 Å². The van der Waals surface area contributed by atoms with Crippen molar-refractivity contribution in [3.63, 3.8) is 0 Å². The molecule has 0 saturated carbocycles. The van der Waals surface area contributed by atoms with E-state index < -0.39 is 0 Å². The van der Waals surface area contributed by atoms with E-state index >= 15 is 0 Å². The number of nitrogens with one attached hydrogen (secondary N) is 1. The molecule has 1 aliphatic rings. The van der Waals surface area contributed by atoms with Crippen LogP contribution in [0.3, 0.4) is 0 Å². The van der Waals surface area contributed by atoms with Crippen LogP contribution in [0.2, 0.25) is 5.15 Å². The number of aromatic nitrogens is 1. The Morgan fingerprint density at radius 1 is 1.44 bits per heavy atom. The number of hydrazine groups is 1. The van der Waals surface area contributed by atoms with Crippen LogP contribution in [0.15, 0.2) is 0 Å². The molecule has 0 spiro atoms. The summed E-state index contributed by atoms with van der Waals surface area (Å²) < 4.78 is 0. The zero-order chi connectivity index (χ0) is 11.5. The Kier molecular flexibility index (Phi) is 3.75. The van der Waals surface area contributed by atoms with Crippen molar-refractivity contribution < 1.29 is 4.79 Å². The number of piperazine rings is 1. The molecule has 7 heteroatoms. The maximum atomic E-state index is 10.6. The molecular formula is C9H13ClN4OS. The number of nitrogens with zero attached hydrogens (tertiary/aromatic N) is 3. The number of hydrogen-bond donors (Lipinski definition) is 1. The highest BCUT2D eigenvalue weighted by atomic mass is 35.5. The molecule has 2 heterocycles. The van der Waals surface area contributed by atoms with Gasteiger partial charge in [0.1, 0.15) is 4.88 Å². The fourth-order valence-electron chi connectivity index (χ4n) is 1.49. The SMILES string of the molecule is CN1CCN(Nc2nc(Cl)c(C=O)s2)CC1. The van der Waals surface area contributed by atoms with Gasteiger partial charge in [-0.1, -0.05) is 22.9 Å². The Bertz CT molecular complexity index is 376. The lowest BCUT2D eigenvalue weighted by Gasteiger charge is -2.32. The second-order valence-corrected chi connectivity index (χ2v) is 5.08. The third kappa shape index (κ3) is 2.70. The number of carbonyl (C=O) groups is 1. The predicted molar refractivity (Wildman–Crippen MR) is 65.2 cm³/mol. The second kappa shape index (κ2) is 5.09. The summed E-state index contributed by atoms with van der Waals surface area (Å²) in [6.07, 6.45) is 0.731. The fourth-order valence-corrected chi connectivity index (χ4v) is 2.48. The Labute approximate surface area is 103 Å². The number of hydrogen-bond acceptors (Lipinski definition) is 6. The number of rotatable bonds is 3. The van der Waals surface area contributed by atoms with Crippen LogP contribution in [-0.2, 0) is 0 Å². The summed E-state index contributed by atoms with van der Waals surface area (Å²) in [4.78, 5) is 17.4. The summed E-state index contributed by atoms with van der Waals surface area (Å²) in [7, 11) is 2.10. The van der Waals surface area contributed by atoms with Gasteiger partial charge in [0.15, 0.2) is 16.6 Å². The Morgan fingerprint density at radius 3 is 2.69 bits per heavy atom. The molecule has 2 rings (SSSR count). The summed E-state index contributed by atoms with van der Waals surface area (Å²) in [5, 5.41) is 3.04. The first-order valence-corrected chi connectivity index (χ1v) is 6.20. The highest BCUT2D eigenvalue weighted by Gasteiger charge is 2.15. The van der Waals surface area contributed by atoms with E-state index in [9.17, 15) is 4.79 Å². The molecule has 0 aliphatic carbocycles. The molecule has 1 N–H and O–H groups in total. The molecule has 88 valence electrons. The zero-order valence-electron chi connectivity index (χ0n) is 8.94.